The number of piperazine rings is 1. The van der Waals surface area contributed by atoms with Crippen LogP contribution in [0.3, 0.4) is 0 Å². The average Bonchev–Trinajstić information content (AvgIpc) is 3.07. The van der Waals surface area contributed by atoms with Crippen molar-refractivity contribution in [1.29, 1.82) is 0 Å². The average molecular weight is 407 g/mol. The Morgan fingerprint density at radius 3 is 2.66 bits per heavy atom. The van der Waals surface area contributed by atoms with E-state index in [-0.39, 0.29) is 0 Å². The molecule has 1 aliphatic rings. The van der Waals surface area contributed by atoms with Gasteiger partial charge in [0.25, 0.3) is 0 Å². The third kappa shape index (κ3) is 3.43. The van der Waals surface area contributed by atoms with Gasteiger partial charge in [-0.15, -0.1) is 0 Å². The number of fused-ring (bicyclic) bond motifs is 2. The lowest BCUT2D eigenvalue weighted by molar-refractivity contribution is 0.407. The van der Waals surface area contributed by atoms with E-state index in [4.69, 9.17) is 16.6 Å². The molecule has 2 atom stereocenters. The number of aromatic nitrogens is 4. The Bertz CT molecular complexity index is 1210. The standard InChI is InChI=1S/C22H23ClN6/c1-13-9-28(10-14(2)25-13)18-4-5-20-16(6-18)8-24-21(27-20)17-7-19(23)22-26-15(3)11-29(22)12-17/h4-8,11-14,25H,9-10H2,1-3H3/t13-,14-/m0/s1. The monoisotopic (exact) mass is 406 g/mol. The molecule has 0 bridgehead atoms. The van der Waals surface area contributed by atoms with Crippen molar-refractivity contribution in [3.8, 4) is 11.4 Å². The molecule has 6 nitrogen and oxygen atoms in total. The van der Waals surface area contributed by atoms with Gasteiger partial charge in [0.1, 0.15) is 0 Å². The van der Waals surface area contributed by atoms with E-state index in [1.807, 2.05) is 36.0 Å². The third-order valence-corrected chi connectivity index (χ3v) is 5.65. The van der Waals surface area contributed by atoms with Gasteiger partial charge in [0.05, 0.1) is 16.2 Å². The van der Waals surface area contributed by atoms with E-state index in [0.717, 1.165) is 40.9 Å². The van der Waals surface area contributed by atoms with Crippen molar-refractivity contribution < 1.29 is 0 Å². The summed E-state index contributed by atoms with van der Waals surface area (Å²) in [6.07, 6.45) is 5.82. The van der Waals surface area contributed by atoms with Crippen LogP contribution in [0.2, 0.25) is 5.02 Å². The Balaban J connectivity index is 1.51. The summed E-state index contributed by atoms with van der Waals surface area (Å²) < 4.78 is 1.93. The number of hydrogen-bond acceptors (Lipinski definition) is 5. The summed E-state index contributed by atoms with van der Waals surface area (Å²) in [4.78, 5) is 16.3. The van der Waals surface area contributed by atoms with Crippen LogP contribution in [0, 0.1) is 6.92 Å². The second kappa shape index (κ2) is 6.97. The first-order valence-corrected chi connectivity index (χ1v) is 10.3. The number of rotatable bonds is 2. The number of anilines is 1. The molecule has 0 aliphatic carbocycles. The molecule has 1 aliphatic heterocycles. The van der Waals surface area contributed by atoms with Crippen molar-refractivity contribution in [2.75, 3.05) is 18.0 Å². The van der Waals surface area contributed by atoms with Gasteiger partial charge in [-0.2, -0.15) is 0 Å². The van der Waals surface area contributed by atoms with E-state index in [9.17, 15) is 0 Å². The molecule has 5 rings (SSSR count). The lowest BCUT2D eigenvalue weighted by Crippen LogP contribution is -2.54. The number of nitrogens with zero attached hydrogens (tertiary/aromatic N) is 5. The van der Waals surface area contributed by atoms with Gasteiger partial charge < -0.3 is 14.6 Å². The summed E-state index contributed by atoms with van der Waals surface area (Å²) in [5.74, 6) is 0.657. The summed E-state index contributed by atoms with van der Waals surface area (Å²) in [5, 5.41) is 5.21. The van der Waals surface area contributed by atoms with Crippen molar-refractivity contribution >= 4 is 33.8 Å². The van der Waals surface area contributed by atoms with Crippen LogP contribution in [0.4, 0.5) is 5.69 Å². The molecule has 29 heavy (non-hydrogen) atoms. The largest absolute Gasteiger partial charge is 0.368 e. The highest BCUT2D eigenvalue weighted by Crippen LogP contribution is 2.27. The zero-order valence-corrected chi connectivity index (χ0v) is 17.5. The van der Waals surface area contributed by atoms with Crippen LogP contribution in [0.5, 0.6) is 0 Å². The van der Waals surface area contributed by atoms with E-state index < -0.39 is 0 Å². The Morgan fingerprint density at radius 1 is 1.07 bits per heavy atom. The minimum atomic E-state index is 0.472. The minimum absolute atomic E-state index is 0.472. The topological polar surface area (TPSA) is 58.4 Å². The fourth-order valence-electron chi connectivity index (χ4n) is 4.20. The first-order chi connectivity index (χ1) is 14.0. The van der Waals surface area contributed by atoms with Crippen molar-refractivity contribution in [3.05, 3.63) is 53.6 Å². The molecule has 148 valence electrons. The first kappa shape index (κ1) is 18.3. The third-order valence-electron chi connectivity index (χ3n) is 5.37. The quantitative estimate of drug-likeness (QED) is 0.543. The smallest absolute Gasteiger partial charge is 0.161 e. The maximum atomic E-state index is 6.42. The van der Waals surface area contributed by atoms with Crippen molar-refractivity contribution in [3.63, 3.8) is 0 Å². The number of hydrogen-bond donors (Lipinski definition) is 1. The lowest BCUT2D eigenvalue weighted by atomic mass is 10.1. The number of halogens is 1. The van der Waals surface area contributed by atoms with E-state index in [2.05, 4.69) is 52.2 Å². The lowest BCUT2D eigenvalue weighted by Gasteiger charge is -2.37. The predicted molar refractivity (Wildman–Crippen MR) is 118 cm³/mol. The summed E-state index contributed by atoms with van der Waals surface area (Å²) in [5.41, 5.74) is 4.68. The number of imidazole rings is 1. The molecule has 1 saturated heterocycles. The molecule has 1 fully saturated rings. The van der Waals surface area contributed by atoms with Gasteiger partial charge in [0, 0.05) is 60.4 Å². The predicted octanol–water partition coefficient (Wildman–Crippen LogP) is 4.09. The highest BCUT2D eigenvalue weighted by Gasteiger charge is 2.21. The number of pyridine rings is 1. The van der Waals surface area contributed by atoms with Crippen molar-refractivity contribution in [2.45, 2.75) is 32.9 Å². The second-order valence-corrected chi connectivity index (χ2v) is 8.41. The van der Waals surface area contributed by atoms with Crippen LogP contribution in [0.25, 0.3) is 27.9 Å². The molecule has 7 heteroatoms. The molecule has 4 aromatic rings. The molecule has 0 spiro atoms. The molecule has 0 radical (unpaired) electrons. The summed E-state index contributed by atoms with van der Waals surface area (Å²) in [6.45, 7) is 8.40. The molecule has 0 saturated carbocycles. The second-order valence-electron chi connectivity index (χ2n) is 8.00. The minimum Gasteiger partial charge on any atom is -0.368 e. The van der Waals surface area contributed by atoms with Gasteiger partial charge >= 0.3 is 0 Å². The molecular formula is C22H23ClN6. The maximum Gasteiger partial charge on any atom is 0.161 e. The van der Waals surface area contributed by atoms with Crippen LogP contribution in [-0.2, 0) is 0 Å². The van der Waals surface area contributed by atoms with Gasteiger partial charge in [-0.25, -0.2) is 15.0 Å². The first-order valence-electron chi connectivity index (χ1n) is 9.89. The highest BCUT2D eigenvalue weighted by molar-refractivity contribution is 6.33. The molecule has 1 N–H and O–H groups in total. The van der Waals surface area contributed by atoms with E-state index in [0.29, 0.717) is 22.9 Å². The summed E-state index contributed by atoms with van der Waals surface area (Å²) in [7, 11) is 0. The Labute approximate surface area is 174 Å². The van der Waals surface area contributed by atoms with Gasteiger partial charge in [-0.05, 0) is 45.0 Å². The van der Waals surface area contributed by atoms with Crippen LogP contribution in [0.15, 0.2) is 42.9 Å². The maximum absolute atomic E-state index is 6.42. The molecule has 1 aromatic carbocycles. The van der Waals surface area contributed by atoms with Crippen LogP contribution in [-0.4, -0.2) is 44.5 Å². The van der Waals surface area contributed by atoms with Gasteiger partial charge in [0.15, 0.2) is 11.5 Å². The summed E-state index contributed by atoms with van der Waals surface area (Å²) >= 11 is 6.42. The molecule has 4 heterocycles. The fourth-order valence-corrected chi connectivity index (χ4v) is 4.45. The fraction of sp³-hybridized carbons (Fsp3) is 0.318. The Morgan fingerprint density at radius 2 is 1.86 bits per heavy atom. The zero-order valence-electron chi connectivity index (χ0n) is 16.7. The molecule has 0 unspecified atom stereocenters. The number of nitrogens with one attached hydrogen (secondary N) is 1. The number of aryl methyl sites for hydroxylation is 1. The van der Waals surface area contributed by atoms with Crippen LogP contribution in [0.1, 0.15) is 19.5 Å². The number of benzene rings is 1. The van der Waals surface area contributed by atoms with Gasteiger partial charge in [-0.1, -0.05) is 11.6 Å². The Hall–Kier alpha value is -2.70. The van der Waals surface area contributed by atoms with E-state index in [1.165, 1.54) is 5.69 Å². The zero-order chi connectivity index (χ0) is 20.1. The normalized spacial score (nSPS) is 19.9. The van der Waals surface area contributed by atoms with Gasteiger partial charge in [-0.3, -0.25) is 0 Å². The van der Waals surface area contributed by atoms with E-state index in [1.54, 1.807) is 0 Å². The van der Waals surface area contributed by atoms with Crippen molar-refractivity contribution in [1.82, 2.24) is 24.7 Å². The van der Waals surface area contributed by atoms with Crippen LogP contribution >= 0.6 is 11.6 Å². The summed E-state index contributed by atoms with van der Waals surface area (Å²) in [6, 6.07) is 9.23. The highest BCUT2D eigenvalue weighted by atomic mass is 35.5. The molecule has 0 amide bonds. The van der Waals surface area contributed by atoms with Gasteiger partial charge in [0.2, 0.25) is 0 Å². The molecular weight excluding hydrogens is 384 g/mol. The SMILES string of the molecule is Cc1cn2cc(-c3ncc4cc(N5C[C@H](C)N[C@@H](C)C5)ccc4n3)cc(Cl)c2n1. The molecule has 3 aromatic heterocycles. The Kier molecular flexibility index (Phi) is 4.41. The van der Waals surface area contributed by atoms with E-state index >= 15 is 0 Å². The van der Waals surface area contributed by atoms with Crippen molar-refractivity contribution in [2.24, 2.45) is 0 Å². The van der Waals surface area contributed by atoms with Crippen LogP contribution < -0.4 is 10.2 Å².